The molecule has 0 aromatic carbocycles. The van der Waals surface area contributed by atoms with Crippen LogP contribution < -0.4 is 10.1 Å². The van der Waals surface area contributed by atoms with E-state index in [0.717, 1.165) is 10.9 Å². The minimum atomic E-state index is -4.52. The van der Waals surface area contributed by atoms with E-state index in [0.29, 0.717) is 6.54 Å². The summed E-state index contributed by atoms with van der Waals surface area (Å²) in [6, 6.07) is 5.67. The van der Waals surface area contributed by atoms with Gasteiger partial charge in [-0.15, -0.1) is 11.3 Å². The molecule has 2 aromatic rings. The number of urea groups is 1. The Morgan fingerprint density at radius 1 is 1.38 bits per heavy atom. The number of halogens is 3. The number of carbonyl (C=O) groups is 1. The molecular formula is C15H14F3N3O2S. The van der Waals surface area contributed by atoms with Gasteiger partial charge in [0.05, 0.1) is 19.6 Å². The summed E-state index contributed by atoms with van der Waals surface area (Å²) in [5.74, 6) is -0.450. The van der Waals surface area contributed by atoms with Gasteiger partial charge >= 0.3 is 12.2 Å². The molecule has 3 rings (SSSR count). The molecule has 2 aromatic heterocycles. The standard InChI is InChI=1S/C15H14F3N3O2S/c16-15(17,18)12-4-1-5-19-13(12)23-10-8-21(9-10)14(22)20-7-11-3-2-6-24-11/h1-6,10H,7-9H2,(H,20,22). The number of rotatable bonds is 4. The quantitative estimate of drug-likeness (QED) is 0.915. The SMILES string of the molecule is O=C(NCc1cccs1)N1CC(Oc2ncccc2C(F)(F)F)C1. The van der Waals surface area contributed by atoms with Crippen molar-refractivity contribution in [3.05, 3.63) is 46.3 Å². The van der Waals surface area contributed by atoms with Crippen LogP contribution in [0, 0.1) is 0 Å². The Morgan fingerprint density at radius 2 is 2.17 bits per heavy atom. The molecule has 0 aliphatic carbocycles. The molecule has 1 aliphatic rings. The van der Waals surface area contributed by atoms with E-state index in [1.54, 1.807) is 0 Å². The third kappa shape index (κ3) is 3.78. The van der Waals surface area contributed by atoms with Gasteiger partial charge < -0.3 is 15.0 Å². The fourth-order valence-corrected chi connectivity index (χ4v) is 2.87. The Morgan fingerprint density at radius 3 is 2.83 bits per heavy atom. The molecule has 1 fully saturated rings. The lowest BCUT2D eigenvalue weighted by Crippen LogP contribution is -2.58. The average Bonchev–Trinajstić information content (AvgIpc) is 3.01. The van der Waals surface area contributed by atoms with Crippen LogP contribution in [0.15, 0.2) is 35.8 Å². The molecule has 0 unspecified atom stereocenters. The highest BCUT2D eigenvalue weighted by atomic mass is 32.1. The number of alkyl halides is 3. The van der Waals surface area contributed by atoms with Crippen LogP contribution in [-0.4, -0.2) is 35.1 Å². The summed E-state index contributed by atoms with van der Waals surface area (Å²) in [6.07, 6.45) is -3.77. The molecule has 128 valence electrons. The van der Waals surface area contributed by atoms with Gasteiger partial charge in [0.2, 0.25) is 5.88 Å². The van der Waals surface area contributed by atoms with E-state index >= 15 is 0 Å². The Balaban J connectivity index is 1.50. The fraction of sp³-hybridized carbons (Fsp3) is 0.333. The smallest absolute Gasteiger partial charge is 0.421 e. The topological polar surface area (TPSA) is 54.5 Å². The van der Waals surface area contributed by atoms with E-state index in [1.807, 2.05) is 17.5 Å². The average molecular weight is 357 g/mol. The van der Waals surface area contributed by atoms with Crippen molar-refractivity contribution in [1.29, 1.82) is 0 Å². The number of carbonyl (C=O) groups excluding carboxylic acids is 1. The first kappa shape index (κ1) is 16.6. The number of amides is 2. The second-order valence-electron chi connectivity index (χ2n) is 5.24. The van der Waals surface area contributed by atoms with Crippen LogP contribution in [0.3, 0.4) is 0 Å². The predicted molar refractivity (Wildman–Crippen MR) is 81.8 cm³/mol. The van der Waals surface area contributed by atoms with Crippen molar-refractivity contribution in [1.82, 2.24) is 15.2 Å². The highest BCUT2D eigenvalue weighted by Crippen LogP contribution is 2.35. The zero-order valence-corrected chi connectivity index (χ0v) is 13.2. The number of pyridine rings is 1. The summed E-state index contributed by atoms with van der Waals surface area (Å²) < 4.78 is 43.9. The summed E-state index contributed by atoms with van der Waals surface area (Å²) in [7, 11) is 0. The van der Waals surface area contributed by atoms with Crippen LogP contribution in [0.25, 0.3) is 0 Å². The van der Waals surface area contributed by atoms with Gasteiger partial charge in [0, 0.05) is 11.1 Å². The molecule has 9 heteroatoms. The van der Waals surface area contributed by atoms with Crippen molar-refractivity contribution in [3.8, 4) is 5.88 Å². The lowest BCUT2D eigenvalue weighted by atomic mass is 10.2. The molecule has 0 bridgehead atoms. The molecule has 0 saturated carbocycles. The van der Waals surface area contributed by atoms with Crippen molar-refractivity contribution in [3.63, 3.8) is 0 Å². The minimum absolute atomic E-state index is 0.226. The van der Waals surface area contributed by atoms with Gasteiger partial charge in [-0.05, 0) is 23.6 Å². The molecule has 3 heterocycles. The number of hydrogen-bond donors (Lipinski definition) is 1. The first-order valence-electron chi connectivity index (χ1n) is 7.17. The maximum absolute atomic E-state index is 12.9. The number of thiophene rings is 1. The molecule has 1 aliphatic heterocycles. The maximum Gasteiger partial charge on any atom is 0.421 e. The molecule has 1 saturated heterocycles. The number of hydrogen-bond acceptors (Lipinski definition) is 4. The monoisotopic (exact) mass is 357 g/mol. The molecule has 24 heavy (non-hydrogen) atoms. The summed E-state index contributed by atoms with van der Waals surface area (Å²) in [5.41, 5.74) is -0.911. The summed E-state index contributed by atoms with van der Waals surface area (Å²) in [4.78, 5) is 18.1. The molecule has 0 atom stereocenters. The Labute approximate surface area is 140 Å². The predicted octanol–water partition coefficient (Wildman–Crippen LogP) is 3.13. The summed E-state index contributed by atoms with van der Waals surface area (Å²) >= 11 is 1.54. The number of aromatic nitrogens is 1. The first-order chi connectivity index (χ1) is 11.4. The van der Waals surface area contributed by atoms with E-state index in [-0.39, 0.29) is 19.1 Å². The molecule has 5 nitrogen and oxygen atoms in total. The van der Waals surface area contributed by atoms with E-state index in [2.05, 4.69) is 10.3 Å². The Hall–Kier alpha value is -2.29. The zero-order valence-electron chi connectivity index (χ0n) is 12.4. The number of nitrogens with one attached hydrogen (secondary N) is 1. The number of ether oxygens (including phenoxy) is 1. The van der Waals surface area contributed by atoms with Crippen LogP contribution in [0.1, 0.15) is 10.4 Å². The third-order valence-electron chi connectivity index (χ3n) is 3.48. The summed E-state index contributed by atoms with van der Waals surface area (Å²) in [5, 5.41) is 4.67. The molecule has 1 N–H and O–H groups in total. The first-order valence-corrected chi connectivity index (χ1v) is 8.05. The van der Waals surface area contributed by atoms with Gasteiger partial charge in [-0.3, -0.25) is 0 Å². The van der Waals surface area contributed by atoms with E-state index in [1.165, 1.54) is 28.5 Å². The second-order valence-corrected chi connectivity index (χ2v) is 6.27. The largest absolute Gasteiger partial charge is 0.470 e. The summed E-state index contributed by atoms with van der Waals surface area (Å²) in [6.45, 7) is 0.880. The number of nitrogens with zero attached hydrogens (tertiary/aromatic N) is 2. The van der Waals surface area contributed by atoms with Crippen LogP contribution in [0.4, 0.5) is 18.0 Å². The lowest BCUT2D eigenvalue weighted by Gasteiger charge is -2.38. The van der Waals surface area contributed by atoms with E-state index in [9.17, 15) is 18.0 Å². The Kier molecular flexibility index (Phi) is 4.61. The second kappa shape index (κ2) is 6.68. The van der Waals surface area contributed by atoms with Gasteiger partial charge in [0.1, 0.15) is 11.7 Å². The number of likely N-dealkylation sites (tertiary alicyclic amines) is 1. The van der Waals surface area contributed by atoms with Crippen molar-refractivity contribution >= 4 is 17.4 Å². The van der Waals surface area contributed by atoms with Gasteiger partial charge in [0.25, 0.3) is 0 Å². The van der Waals surface area contributed by atoms with Crippen LogP contribution >= 0.6 is 11.3 Å². The fourth-order valence-electron chi connectivity index (χ4n) is 2.22. The van der Waals surface area contributed by atoms with Crippen molar-refractivity contribution in [2.45, 2.75) is 18.8 Å². The van der Waals surface area contributed by atoms with Crippen LogP contribution in [-0.2, 0) is 12.7 Å². The van der Waals surface area contributed by atoms with Gasteiger partial charge in [-0.25, -0.2) is 9.78 Å². The lowest BCUT2D eigenvalue weighted by molar-refractivity contribution is -0.140. The van der Waals surface area contributed by atoms with Crippen molar-refractivity contribution in [2.24, 2.45) is 0 Å². The van der Waals surface area contributed by atoms with Crippen LogP contribution in [0.2, 0.25) is 0 Å². The van der Waals surface area contributed by atoms with Crippen molar-refractivity contribution in [2.75, 3.05) is 13.1 Å². The van der Waals surface area contributed by atoms with E-state index < -0.39 is 23.7 Å². The van der Waals surface area contributed by atoms with Crippen molar-refractivity contribution < 1.29 is 22.7 Å². The van der Waals surface area contributed by atoms with E-state index in [4.69, 9.17) is 4.74 Å². The molecular weight excluding hydrogens is 343 g/mol. The van der Waals surface area contributed by atoms with Gasteiger partial charge in [-0.1, -0.05) is 6.07 Å². The highest BCUT2D eigenvalue weighted by Gasteiger charge is 2.38. The molecule has 0 radical (unpaired) electrons. The zero-order chi connectivity index (χ0) is 17.2. The minimum Gasteiger partial charge on any atom is -0.470 e. The molecule has 0 spiro atoms. The Bertz CT molecular complexity index is 700. The maximum atomic E-state index is 12.9. The normalized spacial score (nSPS) is 15.0. The third-order valence-corrected chi connectivity index (χ3v) is 4.36. The van der Waals surface area contributed by atoms with Gasteiger partial charge in [0.15, 0.2) is 0 Å². The van der Waals surface area contributed by atoms with Gasteiger partial charge in [-0.2, -0.15) is 13.2 Å². The molecule has 2 amide bonds. The highest BCUT2D eigenvalue weighted by molar-refractivity contribution is 7.09. The van der Waals surface area contributed by atoms with Crippen LogP contribution in [0.5, 0.6) is 5.88 Å².